The summed E-state index contributed by atoms with van der Waals surface area (Å²) >= 11 is 0. The number of carbonyl (C=O) groups is 4. The molecule has 0 aliphatic heterocycles. The first kappa shape index (κ1) is 28.9. The number of carboxylic acids is 2. The third-order valence-corrected chi connectivity index (χ3v) is 5.39. The Labute approximate surface area is 200 Å². The largest absolute Gasteiger partial charge is 0.481 e. The van der Waals surface area contributed by atoms with Gasteiger partial charge in [-0.15, -0.1) is 0 Å². The number of amides is 1. The molecule has 0 fully saturated rings. The average Bonchev–Trinajstić information content (AvgIpc) is 2.81. The molecule has 2 atom stereocenters. The van der Waals surface area contributed by atoms with Crippen molar-refractivity contribution < 1.29 is 38.9 Å². The molecule has 190 valence electrons. The van der Waals surface area contributed by atoms with E-state index in [-0.39, 0.29) is 32.5 Å². The number of rotatable bonds is 18. The van der Waals surface area contributed by atoms with Crippen molar-refractivity contribution in [1.82, 2.24) is 5.32 Å². The number of hydrogen-bond acceptors (Lipinski definition) is 6. The van der Waals surface area contributed by atoms with E-state index in [0.717, 1.165) is 31.2 Å². The minimum atomic E-state index is -1.45. The Morgan fingerprint density at radius 3 is 2.15 bits per heavy atom. The van der Waals surface area contributed by atoms with Gasteiger partial charge in [0.15, 0.2) is 0 Å². The monoisotopic (exact) mass is 479 g/mol. The van der Waals surface area contributed by atoms with Crippen molar-refractivity contribution >= 4 is 24.0 Å². The number of carboxylic acid groups (broad SMARTS) is 2. The predicted octanol–water partition coefficient (Wildman–Crippen LogP) is 4.53. The van der Waals surface area contributed by atoms with E-state index in [9.17, 15) is 29.4 Å². The predicted molar refractivity (Wildman–Crippen MR) is 125 cm³/mol. The molecule has 9 heteroatoms. The molecule has 0 saturated carbocycles. The highest BCUT2D eigenvalue weighted by atomic mass is 16.5. The molecule has 0 radical (unpaired) electrons. The van der Waals surface area contributed by atoms with Crippen molar-refractivity contribution in [2.45, 2.75) is 83.8 Å². The Morgan fingerprint density at radius 2 is 1.53 bits per heavy atom. The molecule has 1 rings (SSSR count). The van der Waals surface area contributed by atoms with Gasteiger partial charge in [-0.05, 0) is 24.8 Å². The van der Waals surface area contributed by atoms with Crippen LogP contribution in [-0.4, -0.2) is 46.9 Å². The molecule has 0 aliphatic carbocycles. The minimum absolute atomic E-state index is 0.0456. The highest BCUT2D eigenvalue weighted by molar-refractivity contribution is 5.81. The molecule has 0 spiro atoms. The van der Waals surface area contributed by atoms with Crippen LogP contribution in [0.25, 0.3) is 0 Å². The zero-order chi connectivity index (χ0) is 25.2. The molecule has 1 amide bonds. The van der Waals surface area contributed by atoms with Gasteiger partial charge in [0, 0.05) is 6.42 Å². The topological polar surface area (TPSA) is 139 Å². The summed E-state index contributed by atoms with van der Waals surface area (Å²) in [5.41, 5.74) is 0.728. The van der Waals surface area contributed by atoms with E-state index in [1.54, 1.807) is 24.3 Å². The standard InChI is InChI=1S/C25H37NO8/c1-2-3-4-5-6-7-11-14-22(27)33-16-15-20(23(28)29)17-21(24(30)31)26-25(32)34-18-19-12-9-8-10-13-19/h8-10,12-13,20-21H,2-7,11,14-18H2,1H3,(H,26,32)(H,28,29)(H,30,31)/t20?,21-/m0/s1. The lowest BCUT2D eigenvalue weighted by molar-refractivity contribution is -0.149. The van der Waals surface area contributed by atoms with Gasteiger partial charge < -0.3 is 25.0 Å². The van der Waals surface area contributed by atoms with Crippen molar-refractivity contribution in [2.75, 3.05) is 6.61 Å². The van der Waals surface area contributed by atoms with Gasteiger partial charge in [-0.2, -0.15) is 0 Å². The summed E-state index contributed by atoms with van der Waals surface area (Å²) in [4.78, 5) is 46.9. The first-order valence-electron chi connectivity index (χ1n) is 11.9. The van der Waals surface area contributed by atoms with E-state index in [1.807, 2.05) is 6.07 Å². The van der Waals surface area contributed by atoms with Crippen LogP contribution in [0.4, 0.5) is 4.79 Å². The maximum absolute atomic E-state index is 12.0. The van der Waals surface area contributed by atoms with Crippen LogP contribution in [0.2, 0.25) is 0 Å². The van der Waals surface area contributed by atoms with Crippen LogP contribution in [0, 0.1) is 5.92 Å². The van der Waals surface area contributed by atoms with Crippen LogP contribution >= 0.6 is 0 Å². The summed E-state index contributed by atoms with van der Waals surface area (Å²) < 4.78 is 10.1. The smallest absolute Gasteiger partial charge is 0.408 e. The van der Waals surface area contributed by atoms with Crippen molar-refractivity contribution in [3.8, 4) is 0 Å². The molecular formula is C25H37NO8. The summed E-state index contributed by atoms with van der Waals surface area (Å²) in [6.45, 7) is 1.98. The molecule has 34 heavy (non-hydrogen) atoms. The minimum Gasteiger partial charge on any atom is -0.481 e. The Morgan fingerprint density at radius 1 is 0.882 bits per heavy atom. The summed E-state index contributed by atoms with van der Waals surface area (Å²) in [5.74, 6) is -4.11. The van der Waals surface area contributed by atoms with Crippen LogP contribution in [0.1, 0.15) is 76.7 Å². The van der Waals surface area contributed by atoms with Gasteiger partial charge >= 0.3 is 24.0 Å². The second-order valence-corrected chi connectivity index (χ2v) is 8.25. The molecule has 1 aromatic rings. The van der Waals surface area contributed by atoms with Crippen molar-refractivity contribution in [3.05, 3.63) is 35.9 Å². The third kappa shape index (κ3) is 13.4. The Bertz CT molecular complexity index is 753. The highest BCUT2D eigenvalue weighted by Gasteiger charge is 2.29. The van der Waals surface area contributed by atoms with Crippen LogP contribution in [0.5, 0.6) is 0 Å². The van der Waals surface area contributed by atoms with Gasteiger partial charge in [0.25, 0.3) is 0 Å². The molecule has 0 bridgehead atoms. The number of ether oxygens (including phenoxy) is 2. The van der Waals surface area contributed by atoms with E-state index in [2.05, 4.69) is 12.2 Å². The first-order chi connectivity index (χ1) is 16.3. The van der Waals surface area contributed by atoms with Crippen LogP contribution in [0.3, 0.4) is 0 Å². The number of hydrogen-bond donors (Lipinski definition) is 3. The van der Waals surface area contributed by atoms with Gasteiger partial charge in [-0.1, -0.05) is 75.8 Å². The Hall–Kier alpha value is -3.10. The lowest BCUT2D eigenvalue weighted by atomic mass is 9.97. The molecule has 0 saturated heterocycles. The van der Waals surface area contributed by atoms with Gasteiger partial charge in [-0.25, -0.2) is 9.59 Å². The lowest BCUT2D eigenvalue weighted by Gasteiger charge is -2.19. The highest BCUT2D eigenvalue weighted by Crippen LogP contribution is 2.14. The second kappa shape index (κ2) is 17.4. The number of nitrogens with one attached hydrogen (secondary N) is 1. The number of carbonyl (C=O) groups excluding carboxylic acids is 2. The average molecular weight is 480 g/mol. The number of aliphatic carboxylic acids is 2. The van der Waals surface area contributed by atoms with E-state index in [0.29, 0.717) is 0 Å². The summed E-state index contributed by atoms with van der Waals surface area (Å²) in [7, 11) is 0. The van der Waals surface area contributed by atoms with E-state index in [4.69, 9.17) is 9.47 Å². The first-order valence-corrected chi connectivity index (χ1v) is 11.9. The molecule has 0 aromatic heterocycles. The SMILES string of the molecule is CCCCCCCCCC(=O)OCCC(C[C@H](NC(=O)OCc1ccccc1)C(=O)O)C(=O)O. The number of benzene rings is 1. The van der Waals surface area contributed by atoms with Crippen molar-refractivity contribution in [3.63, 3.8) is 0 Å². The van der Waals surface area contributed by atoms with Crippen LogP contribution < -0.4 is 5.32 Å². The van der Waals surface area contributed by atoms with E-state index >= 15 is 0 Å². The fourth-order valence-electron chi connectivity index (χ4n) is 3.37. The molecule has 1 aromatic carbocycles. The van der Waals surface area contributed by atoms with Crippen molar-refractivity contribution in [2.24, 2.45) is 5.92 Å². The Balaban J connectivity index is 2.36. The van der Waals surface area contributed by atoms with E-state index < -0.39 is 36.0 Å². The zero-order valence-electron chi connectivity index (χ0n) is 19.9. The molecule has 3 N–H and O–H groups in total. The molecule has 1 unspecified atom stereocenters. The molecular weight excluding hydrogens is 442 g/mol. The van der Waals surface area contributed by atoms with Crippen LogP contribution in [-0.2, 0) is 30.5 Å². The van der Waals surface area contributed by atoms with Gasteiger partial charge in [0.2, 0.25) is 0 Å². The normalized spacial score (nSPS) is 12.4. The van der Waals surface area contributed by atoms with Gasteiger partial charge in [0.1, 0.15) is 12.6 Å². The number of esters is 1. The maximum atomic E-state index is 12.0. The maximum Gasteiger partial charge on any atom is 0.408 e. The van der Waals surface area contributed by atoms with Crippen molar-refractivity contribution in [1.29, 1.82) is 0 Å². The fourth-order valence-corrected chi connectivity index (χ4v) is 3.37. The number of unbranched alkanes of at least 4 members (excludes halogenated alkanes) is 6. The van der Waals surface area contributed by atoms with Crippen LogP contribution in [0.15, 0.2) is 30.3 Å². The van der Waals surface area contributed by atoms with Gasteiger partial charge in [-0.3, -0.25) is 9.59 Å². The second-order valence-electron chi connectivity index (χ2n) is 8.25. The summed E-state index contributed by atoms with van der Waals surface area (Å²) in [5, 5.41) is 21.0. The lowest BCUT2D eigenvalue weighted by Crippen LogP contribution is -2.43. The quantitative estimate of drug-likeness (QED) is 0.206. The molecule has 0 aliphatic rings. The summed E-state index contributed by atoms with van der Waals surface area (Å²) in [6.07, 6.45) is 6.42. The molecule has 9 nitrogen and oxygen atoms in total. The van der Waals surface area contributed by atoms with Gasteiger partial charge in [0.05, 0.1) is 12.5 Å². The number of alkyl carbamates (subject to hydrolysis) is 1. The summed E-state index contributed by atoms with van der Waals surface area (Å²) in [6, 6.07) is 7.40. The third-order valence-electron chi connectivity index (χ3n) is 5.39. The Kier molecular flexibility index (Phi) is 14.8. The zero-order valence-corrected chi connectivity index (χ0v) is 19.9. The van der Waals surface area contributed by atoms with E-state index in [1.165, 1.54) is 19.3 Å². The molecule has 0 heterocycles. The fraction of sp³-hybridized carbons (Fsp3) is 0.600.